The highest BCUT2D eigenvalue weighted by atomic mass is 32.2. The number of benzene rings is 1. The van der Waals surface area contributed by atoms with Crippen molar-refractivity contribution in [3.8, 4) is 5.75 Å². The van der Waals surface area contributed by atoms with Crippen LogP contribution in [0.4, 0.5) is 0 Å². The Hall–Kier alpha value is -2.35. The monoisotopic (exact) mass is 421 g/mol. The van der Waals surface area contributed by atoms with Crippen molar-refractivity contribution in [2.24, 2.45) is 0 Å². The van der Waals surface area contributed by atoms with Crippen molar-refractivity contribution in [3.05, 3.63) is 35.9 Å². The van der Waals surface area contributed by atoms with E-state index in [4.69, 9.17) is 9.47 Å². The number of ether oxygens (including phenoxy) is 2. The van der Waals surface area contributed by atoms with Crippen molar-refractivity contribution >= 4 is 27.8 Å². The summed E-state index contributed by atoms with van der Waals surface area (Å²) < 4.78 is 34.0. The first kappa shape index (κ1) is 21.4. The summed E-state index contributed by atoms with van der Waals surface area (Å²) in [7, 11) is -1.54. The molecule has 1 heterocycles. The minimum Gasteiger partial charge on any atom is -0.497 e. The molecule has 158 valence electrons. The number of esters is 1. The summed E-state index contributed by atoms with van der Waals surface area (Å²) in [5.74, 6) is -0.154. The van der Waals surface area contributed by atoms with Gasteiger partial charge < -0.3 is 14.4 Å². The molecule has 1 aromatic rings. The van der Waals surface area contributed by atoms with Crippen LogP contribution >= 0.6 is 0 Å². The third-order valence-corrected chi connectivity index (χ3v) is 7.20. The van der Waals surface area contributed by atoms with Crippen molar-refractivity contribution in [1.29, 1.82) is 0 Å². The third kappa shape index (κ3) is 5.82. The molecule has 1 aromatic carbocycles. The van der Waals surface area contributed by atoms with E-state index in [1.54, 1.807) is 30.2 Å². The number of methoxy groups -OCH3 is 1. The summed E-state index contributed by atoms with van der Waals surface area (Å²) in [6.07, 6.45) is 7.09. The summed E-state index contributed by atoms with van der Waals surface area (Å²) in [6, 6.07) is 6.92. The van der Waals surface area contributed by atoms with Crippen LogP contribution in [0.1, 0.15) is 37.7 Å². The molecule has 1 saturated carbocycles. The summed E-state index contributed by atoms with van der Waals surface area (Å²) in [4.78, 5) is 26.5. The van der Waals surface area contributed by atoms with E-state index < -0.39 is 15.8 Å². The topological polar surface area (TPSA) is 90.0 Å². The van der Waals surface area contributed by atoms with Crippen LogP contribution in [0.5, 0.6) is 5.75 Å². The fourth-order valence-corrected chi connectivity index (χ4v) is 5.76. The van der Waals surface area contributed by atoms with Crippen LogP contribution in [0.3, 0.4) is 0 Å². The van der Waals surface area contributed by atoms with Gasteiger partial charge in [0, 0.05) is 18.2 Å². The molecular formula is C21H27NO6S. The maximum absolute atomic E-state index is 12.8. The number of carbonyl (C=O) groups is 2. The number of hydrogen-bond donors (Lipinski definition) is 0. The second-order valence-electron chi connectivity index (χ2n) is 7.51. The molecule has 2 fully saturated rings. The van der Waals surface area contributed by atoms with Gasteiger partial charge in [0.15, 0.2) is 16.4 Å². The van der Waals surface area contributed by atoms with Crippen LogP contribution in [0, 0.1) is 0 Å². The number of sulfone groups is 1. The Morgan fingerprint density at radius 1 is 1.17 bits per heavy atom. The molecule has 0 bridgehead atoms. The molecule has 0 spiro atoms. The molecule has 7 nitrogen and oxygen atoms in total. The summed E-state index contributed by atoms with van der Waals surface area (Å²) in [5.41, 5.74) is 0.774. The van der Waals surface area contributed by atoms with Gasteiger partial charge in [-0.15, -0.1) is 0 Å². The van der Waals surface area contributed by atoms with E-state index in [2.05, 4.69) is 0 Å². The van der Waals surface area contributed by atoms with E-state index in [0.29, 0.717) is 12.2 Å². The van der Waals surface area contributed by atoms with Crippen molar-refractivity contribution in [3.63, 3.8) is 0 Å². The normalized spacial score (nSPS) is 21.3. The van der Waals surface area contributed by atoms with Crippen LogP contribution in [0.2, 0.25) is 0 Å². The van der Waals surface area contributed by atoms with Crippen molar-refractivity contribution in [1.82, 2.24) is 4.90 Å². The van der Waals surface area contributed by atoms with Gasteiger partial charge in [-0.25, -0.2) is 13.2 Å². The SMILES string of the molecule is COc1cccc(/C=C/C(=O)OCC(=O)N(C2CCCC2)[C@@H]2CCS(=O)(=O)C2)c1. The predicted octanol–water partition coefficient (Wildman–Crippen LogP) is 2.21. The molecule has 3 rings (SSSR count). The molecule has 1 aliphatic heterocycles. The molecule has 0 unspecified atom stereocenters. The number of hydrogen-bond acceptors (Lipinski definition) is 6. The van der Waals surface area contributed by atoms with E-state index in [9.17, 15) is 18.0 Å². The molecule has 29 heavy (non-hydrogen) atoms. The first-order chi connectivity index (χ1) is 13.9. The Bertz CT molecular complexity index is 873. The van der Waals surface area contributed by atoms with Gasteiger partial charge in [-0.05, 0) is 43.0 Å². The zero-order chi connectivity index (χ0) is 20.9. The molecular weight excluding hydrogens is 394 g/mol. The predicted molar refractivity (Wildman–Crippen MR) is 109 cm³/mol. The highest BCUT2D eigenvalue weighted by molar-refractivity contribution is 7.91. The van der Waals surface area contributed by atoms with E-state index >= 15 is 0 Å². The molecule has 1 amide bonds. The van der Waals surface area contributed by atoms with Gasteiger partial charge in [0.1, 0.15) is 5.75 Å². The number of amides is 1. The van der Waals surface area contributed by atoms with Crippen LogP contribution in [0.25, 0.3) is 6.08 Å². The lowest BCUT2D eigenvalue weighted by Crippen LogP contribution is -2.48. The second kappa shape index (κ2) is 9.43. The molecule has 0 N–H and O–H groups in total. The Morgan fingerprint density at radius 2 is 1.93 bits per heavy atom. The van der Waals surface area contributed by atoms with Crippen molar-refractivity contribution < 1.29 is 27.5 Å². The Labute approximate surface area is 171 Å². The average Bonchev–Trinajstić information content (AvgIpc) is 3.35. The fourth-order valence-electron chi connectivity index (χ4n) is 4.05. The highest BCUT2D eigenvalue weighted by Gasteiger charge is 2.39. The maximum atomic E-state index is 12.8. The lowest BCUT2D eigenvalue weighted by Gasteiger charge is -2.33. The highest BCUT2D eigenvalue weighted by Crippen LogP contribution is 2.29. The third-order valence-electron chi connectivity index (χ3n) is 5.45. The molecule has 8 heteroatoms. The molecule has 0 radical (unpaired) electrons. The Balaban J connectivity index is 1.59. The second-order valence-corrected chi connectivity index (χ2v) is 9.74. The quantitative estimate of drug-likeness (QED) is 0.495. The van der Waals surface area contributed by atoms with Crippen LogP contribution in [-0.2, 0) is 24.2 Å². The van der Waals surface area contributed by atoms with Gasteiger partial charge in [0.25, 0.3) is 5.91 Å². The molecule has 1 aliphatic carbocycles. The summed E-state index contributed by atoms with van der Waals surface area (Å²) in [5, 5.41) is 0. The van der Waals surface area contributed by atoms with E-state index in [1.807, 2.05) is 12.1 Å². The lowest BCUT2D eigenvalue weighted by molar-refractivity contribution is -0.150. The average molecular weight is 422 g/mol. The van der Waals surface area contributed by atoms with Crippen molar-refractivity contribution in [2.45, 2.75) is 44.2 Å². The first-order valence-electron chi connectivity index (χ1n) is 9.88. The van der Waals surface area contributed by atoms with E-state index in [-0.39, 0.29) is 36.1 Å². The zero-order valence-corrected chi connectivity index (χ0v) is 17.4. The molecule has 1 atom stereocenters. The van der Waals surface area contributed by atoms with Gasteiger partial charge in [-0.1, -0.05) is 25.0 Å². The van der Waals surface area contributed by atoms with E-state index in [0.717, 1.165) is 31.2 Å². The molecule has 1 saturated heterocycles. The standard InChI is InChI=1S/C21H27NO6S/c1-27-19-8-4-5-16(13-19)9-10-21(24)28-14-20(23)22(17-6-2-3-7-17)18-11-12-29(25,26)15-18/h4-5,8-10,13,17-18H,2-3,6-7,11-12,14-15H2,1H3/b10-9+/t18-/m1/s1. The summed E-state index contributed by atoms with van der Waals surface area (Å²) >= 11 is 0. The maximum Gasteiger partial charge on any atom is 0.331 e. The fraction of sp³-hybridized carbons (Fsp3) is 0.524. The summed E-state index contributed by atoms with van der Waals surface area (Å²) in [6.45, 7) is -0.381. The van der Waals surface area contributed by atoms with Crippen LogP contribution in [0.15, 0.2) is 30.3 Å². The van der Waals surface area contributed by atoms with Crippen LogP contribution < -0.4 is 4.74 Å². The Morgan fingerprint density at radius 3 is 2.59 bits per heavy atom. The van der Waals surface area contributed by atoms with Gasteiger partial charge >= 0.3 is 5.97 Å². The van der Waals surface area contributed by atoms with Gasteiger partial charge in [-0.3, -0.25) is 4.79 Å². The van der Waals surface area contributed by atoms with Gasteiger partial charge in [-0.2, -0.15) is 0 Å². The van der Waals surface area contributed by atoms with Gasteiger partial charge in [0.05, 0.1) is 18.6 Å². The minimum absolute atomic E-state index is 0.00106. The largest absolute Gasteiger partial charge is 0.497 e. The minimum atomic E-state index is -3.10. The number of nitrogens with zero attached hydrogens (tertiary/aromatic N) is 1. The first-order valence-corrected chi connectivity index (χ1v) is 11.7. The lowest BCUT2D eigenvalue weighted by atomic mass is 10.1. The number of carbonyl (C=O) groups excluding carboxylic acids is 2. The van der Waals surface area contributed by atoms with Crippen molar-refractivity contribution in [2.75, 3.05) is 25.2 Å². The number of rotatable bonds is 7. The smallest absolute Gasteiger partial charge is 0.331 e. The molecule has 2 aliphatic rings. The van der Waals surface area contributed by atoms with Gasteiger partial charge in [0.2, 0.25) is 0 Å². The van der Waals surface area contributed by atoms with E-state index in [1.165, 1.54) is 6.08 Å². The molecule has 0 aromatic heterocycles. The Kier molecular flexibility index (Phi) is 6.95. The van der Waals surface area contributed by atoms with Crippen LogP contribution in [-0.4, -0.2) is 62.5 Å². The zero-order valence-electron chi connectivity index (χ0n) is 16.6.